The maximum absolute atomic E-state index is 11.7. The number of nitrogens with zero attached hydrogens (tertiary/aromatic N) is 1. The summed E-state index contributed by atoms with van der Waals surface area (Å²) < 4.78 is 4.94. The summed E-state index contributed by atoms with van der Waals surface area (Å²) in [6.45, 7) is 1.52. The van der Waals surface area contributed by atoms with Crippen LogP contribution >= 0.6 is 0 Å². The highest BCUT2D eigenvalue weighted by Crippen LogP contribution is 2.28. The molecule has 2 rings (SSSR count). The highest BCUT2D eigenvalue weighted by molar-refractivity contribution is 5.93. The lowest BCUT2D eigenvalue weighted by Crippen LogP contribution is -2.40. The fourth-order valence-electron chi connectivity index (χ4n) is 1.71. The van der Waals surface area contributed by atoms with Crippen LogP contribution in [0.15, 0.2) is 18.2 Å². The summed E-state index contributed by atoms with van der Waals surface area (Å²) in [4.78, 5) is 13.3. The van der Waals surface area contributed by atoms with E-state index in [-0.39, 0.29) is 6.03 Å². The molecule has 1 radical (unpaired) electrons. The van der Waals surface area contributed by atoms with Crippen molar-refractivity contribution in [3.8, 4) is 0 Å². The molecule has 5 heteroatoms. The molecule has 0 aliphatic carbocycles. The third-order valence-electron chi connectivity index (χ3n) is 2.62. The van der Waals surface area contributed by atoms with E-state index in [9.17, 15) is 4.79 Å². The lowest BCUT2D eigenvalue weighted by atomic mass is 10.1. The van der Waals surface area contributed by atoms with Crippen molar-refractivity contribution < 1.29 is 9.53 Å². The predicted octanol–water partition coefficient (Wildman–Crippen LogP) is 1.59. The molecule has 1 aliphatic rings. The van der Waals surface area contributed by atoms with Gasteiger partial charge in [-0.2, -0.15) is 0 Å². The van der Waals surface area contributed by atoms with E-state index in [4.69, 9.17) is 10.5 Å². The monoisotopic (exact) mass is 220 g/mol. The zero-order valence-corrected chi connectivity index (χ0v) is 9.12. The minimum absolute atomic E-state index is 0.129. The largest absolute Gasteiger partial charge is 0.383 e. The van der Waals surface area contributed by atoms with Crippen molar-refractivity contribution in [1.82, 2.24) is 10.6 Å². The number of fused-ring (bicyclic) bond motifs is 1. The van der Waals surface area contributed by atoms with Crippen LogP contribution in [0.4, 0.5) is 16.2 Å². The number of hydrogen-bond acceptors (Lipinski definition) is 2. The zero-order chi connectivity index (χ0) is 11.5. The lowest BCUT2D eigenvalue weighted by molar-refractivity contribution is 0.151. The Morgan fingerprint density at radius 1 is 1.56 bits per heavy atom. The van der Waals surface area contributed by atoms with E-state index in [0.29, 0.717) is 25.4 Å². The summed E-state index contributed by atoms with van der Waals surface area (Å²) in [5, 5.41) is 2.77. The number of nitrogens with one attached hydrogen (secondary N) is 2. The number of benzene rings is 1. The smallest absolute Gasteiger partial charge is 0.322 e. The number of urea groups is 1. The molecule has 16 heavy (non-hydrogen) atoms. The molecule has 1 aliphatic heterocycles. The molecule has 0 bridgehead atoms. The van der Waals surface area contributed by atoms with Crippen molar-refractivity contribution in [2.45, 2.75) is 6.54 Å². The quantitative estimate of drug-likeness (QED) is 0.840. The number of ether oxygens (including phenoxy) is 1. The molecule has 1 aromatic carbocycles. The Morgan fingerprint density at radius 3 is 3.12 bits per heavy atom. The molecule has 5 nitrogen and oxygen atoms in total. The van der Waals surface area contributed by atoms with Gasteiger partial charge in [-0.05, 0) is 12.1 Å². The van der Waals surface area contributed by atoms with Crippen molar-refractivity contribution in [2.24, 2.45) is 0 Å². The summed E-state index contributed by atoms with van der Waals surface area (Å²) in [5.41, 5.74) is 9.83. The predicted molar refractivity (Wildman–Crippen MR) is 60.5 cm³/mol. The number of rotatable bonds is 3. The van der Waals surface area contributed by atoms with Gasteiger partial charge < -0.3 is 20.7 Å². The Morgan fingerprint density at radius 2 is 2.38 bits per heavy atom. The molecule has 0 aromatic heterocycles. The standard InChI is InChI=1S/C11H14N3O2/c1-16-6-5-14-7-8-9(12)3-2-4-10(8)13-11(14)15/h2-4,12H,5-7H2,1H3,(H,13,15). The molecule has 0 saturated carbocycles. The minimum atomic E-state index is -0.129. The minimum Gasteiger partial charge on any atom is -0.383 e. The van der Waals surface area contributed by atoms with Crippen LogP contribution in [0.5, 0.6) is 0 Å². The van der Waals surface area contributed by atoms with Gasteiger partial charge in [-0.15, -0.1) is 0 Å². The Hall–Kier alpha value is -1.75. The summed E-state index contributed by atoms with van der Waals surface area (Å²) in [6, 6.07) is 5.19. The van der Waals surface area contributed by atoms with E-state index in [2.05, 4.69) is 5.32 Å². The molecule has 1 aromatic rings. The topological polar surface area (TPSA) is 65.4 Å². The maximum atomic E-state index is 11.7. The second-order valence-electron chi connectivity index (χ2n) is 3.68. The highest BCUT2D eigenvalue weighted by atomic mass is 16.5. The molecule has 2 N–H and O–H groups in total. The van der Waals surface area contributed by atoms with Gasteiger partial charge in [0.05, 0.1) is 18.8 Å². The van der Waals surface area contributed by atoms with Gasteiger partial charge in [0.25, 0.3) is 0 Å². The first-order valence-corrected chi connectivity index (χ1v) is 5.10. The fraction of sp³-hybridized carbons (Fsp3) is 0.364. The zero-order valence-electron chi connectivity index (χ0n) is 9.12. The van der Waals surface area contributed by atoms with Crippen LogP contribution in [0, 0.1) is 0 Å². The second-order valence-corrected chi connectivity index (χ2v) is 3.68. The Bertz CT molecular complexity index is 406. The Labute approximate surface area is 94.2 Å². The first-order valence-electron chi connectivity index (χ1n) is 5.10. The summed E-state index contributed by atoms with van der Waals surface area (Å²) in [5.74, 6) is 0. The van der Waals surface area contributed by atoms with Crippen LogP contribution in [-0.2, 0) is 11.3 Å². The molecule has 0 atom stereocenters. The third-order valence-corrected chi connectivity index (χ3v) is 2.62. The molecule has 0 unspecified atom stereocenters. The third kappa shape index (κ3) is 1.94. The molecule has 85 valence electrons. The lowest BCUT2D eigenvalue weighted by Gasteiger charge is -2.29. The van der Waals surface area contributed by atoms with Gasteiger partial charge in [0.2, 0.25) is 0 Å². The van der Waals surface area contributed by atoms with E-state index in [1.165, 1.54) is 0 Å². The van der Waals surface area contributed by atoms with Gasteiger partial charge in [0.1, 0.15) is 0 Å². The summed E-state index contributed by atoms with van der Waals surface area (Å²) in [6.07, 6.45) is 0. The van der Waals surface area contributed by atoms with Gasteiger partial charge in [0, 0.05) is 24.9 Å². The molecular formula is C11H14N3O2. The number of hydrogen-bond donors (Lipinski definition) is 1. The van der Waals surface area contributed by atoms with Crippen LogP contribution in [0.3, 0.4) is 0 Å². The molecule has 2 amide bonds. The molecule has 0 fully saturated rings. The van der Waals surface area contributed by atoms with Gasteiger partial charge in [-0.25, -0.2) is 4.79 Å². The van der Waals surface area contributed by atoms with Gasteiger partial charge in [-0.1, -0.05) is 6.07 Å². The Balaban J connectivity index is 2.20. The fourth-order valence-corrected chi connectivity index (χ4v) is 1.71. The van der Waals surface area contributed by atoms with E-state index in [1.807, 2.05) is 6.07 Å². The van der Waals surface area contributed by atoms with E-state index in [0.717, 1.165) is 11.3 Å². The normalized spacial score (nSPS) is 14.6. The van der Waals surface area contributed by atoms with Gasteiger partial charge >= 0.3 is 6.03 Å². The van der Waals surface area contributed by atoms with Crippen LogP contribution in [-0.4, -0.2) is 31.2 Å². The number of carbonyl (C=O) groups is 1. The second kappa shape index (κ2) is 4.40. The van der Waals surface area contributed by atoms with Crippen molar-refractivity contribution in [2.75, 3.05) is 25.6 Å². The number of amides is 2. The van der Waals surface area contributed by atoms with Crippen LogP contribution in [0.2, 0.25) is 0 Å². The van der Waals surface area contributed by atoms with Gasteiger partial charge in [-0.3, -0.25) is 0 Å². The Kier molecular flexibility index (Phi) is 2.96. The first-order chi connectivity index (χ1) is 7.72. The van der Waals surface area contributed by atoms with Gasteiger partial charge in [0.15, 0.2) is 0 Å². The summed E-state index contributed by atoms with van der Waals surface area (Å²) >= 11 is 0. The number of carbonyl (C=O) groups excluding carboxylic acids is 1. The van der Waals surface area contributed by atoms with Crippen LogP contribution < -0.4 is 11.1 Å². The van der Waals surface area contributed by atoms with Crippen LogP contribution in [0.1, 0.15) is 5.56 Å². The van der Waals surface area contributed by atoms with E-state index >= 15 is 0 Å². The van der Waals surface area contributed by atoms with Crippen molar-refractivity contribution in [3.63, 3.8) is 0 Å². The average molecular weight is 220 g/mol. The molecular weight excluding hydrogens is 206 g/mol. The summed E-state index contributed by atoms with van der Waals surface area (Å²) in [7, 11) is 1.60. The molecule has 0 spiro atoms. The number of anilines is 1. The SMILES string of the molecule is COCCN1Cc2c([NH])cccc2NC1=O. The van der Waals surface area contributed by atoms with Crippen molar-refractivity contribution in [1.29, 1.82) is 0 Å². The van der Waals surface area contributed by atoms with E-state index < -0.39 is 0 Å². The number of methoxy groups -OCH3 is 1. The molecule has 0 saturated heterocycles. The molecule has 1 heterocycles. The van der Waals surface area contributed by atoms with Crippen molar-refractivity contribution in [3.05, 3.63) is 23.8 Å². The average Bonchev–Trinajstić information content (AvgIpc) is 2.27. The first kappa shape index (κ1) is 10.8. The van der Waals surface area contributed by atoms with E-state index in [1.54, 1.807) is 24.1 Å². The maximum Gasteiger partial charge on any atom is 0.322 e. The highest BCUT2D eigenvalue weighted by Gasteiger charge is 2.23. The van der Waals surface area contributed by atoms with Crippen molar-refractivity contribution >= 4 is 17.4 Å². The van der Waals surface area contributed by atoms with Crippen LogP contribution in [0.25, 0.3) is 0 Å².